The highest BCUT2D eigenvalue weighted by Gasteiger charge is 2.38. The molecule has 6 nitrogen and oxygen atoms in total. The van der Waals surface area contributed by atoms with Crippen LogP contribution in [-0.4, -0.2) is 27.1 Å². The van der Waals surface area contributed by atoms with Gasteiger partial charge in [-0.15, -0.1) is 0 Å². The molecule has 1 atom stereocenters. The Morgan fingerprint density at radius 2 is 1.07 bits per heavy atom. The van der Waals surface area contributed by atoms with Crippen molar-refractivity contribution in [1.82, 2.24) is 3.71 Å². The van der Waals surface area contributed by atoms with Gasteiger partial charge in [0.25, 0.3) is 20.0 Å². The third-order valence-electron chi connectivity index (χ3n) is 4.31. The number of rotatable bonds is 7. The van der Waals surface area contributed by atoms with Gasteiger partial charge in [-0.1, -0.05) is 70.4 Å². The highest BCUT2D eigenvalue weighted by molar-refractivity contribution is 8.04. The molecule has 0 radical (unpaired) electrons. The van der Waals surface area contributed by atoms with Crippen LogP contribution in [0, 0.1) is 11.3 Å². The fourth-order valence-corrected chi connectivity index (χ4v) is 6.51. The maximum Gasteiger partial charge on any atom is 0.256 e. The van der Waals surface area contributed by atoms with E-state index in [-0.39, 0.29) is 9.79 Å². The molecule has 0 aliphatic carbocycles. The zero-order chi connectivity index (χ0) is 20.9. The lowest BCUT2D eigenvalue weighted by molar-refractivity contribution is 0.489. The lowest BCUT2D eigenvalue weighted by Crippen LogP contribution is -2.39. The quantitative estimate of drug-likeness (QED) is 0.577. The normalized spacial score (nSPS) is 13.0. The van der Waals surface area contributed by atoms with Crippen LogP contribution in [0.4, 0.5) is 0 Å². The Bertz CT molecular complexity index is 1140. The van der Waals surface area contributed by atoms with Crippen LogP contribution in [0.1, 0.15) is 11.5 Å². The highest BCUT2D eigenvalue weighted by Crippen LogP contribution is 2.28. The van der Waals surface area contributed by atoms with Crippen molar-refractivity contribution in [2.45, 2.75) is 15.7 Å². The van der Waals surface area contributed by atoms with Gasteiger partial charge in [0.05, 0.1) is 28.3 Å². The Morgan fingerprint density at radius 1 is 0.690 bits per heavy atom. The standard InChI is InChI=1S/C21H18N2O4S2/c22-16-19(18-10-4-1-5-11-18)17-23(28(24,25)20-12-6-2-7-13-20)29(26,27)21-14-8-3-9-15-21/h1-15,19H,17H2. The minimum atomic E-state index is -4.43. The molecule has 0 heterocycles. The summed E-state index contributed by atoms with van der Waals surface area (Å²) in [7, 11) is -8.85. The minimum Gasteiger partial charge on any atom is -0.206 e. The van der Waals surface area contributed by atoms with E-state index in [4.69, 9.17) is 0 Å². The third kappa shape index (κ3) is 4.38. The second-order valence-electron chi connectivity index (χ2n) is 6.18. The van der Waals surface area contributed by atoms with E-state index in [9.17, 15) is 22.1 Å². The van der Waals surface area contributed by atoms with Crippen LogP contribution < -0.4 is 0 Å². The molecule has 3 rings (SSSR count). The zero-order valence-electron chi connectivity index (χ0n) is 15.3. The molecule has 0 fully saturated rings. The molecule has 0 bridgehead atoms. The second-order valence-corrected chi connectivity index (χ2v) is 10.1. The van der Waals surface area contributed by atoms with Crippen molar-refractivity contribution in [3.05, 3.63) is 96.6 Å². The first-order chi connectivity index (χ1) is 13.9. The van der Waals surface area contributed by atoms with Crippen LogP contribution in [0.15, 0.2) is 101 Å². The summed E-state index contributed by atoms with van der Waals surface area (Å²) >= 11 is 0. The van der Waals surface area contributed by atoms with E-state index >= 15 is 0 Å². The Morgan fingerprint density at radius 3 is 1.45 bits per heavy atom. The summed E-state index contributed by atoms with van der Waals surface area (Å²) in [5.74, 6) is -0.965. The SMILES string of the molecule is N#CC(CN(S(=O)(=O)c1ccccc1)S(=O)(=O)c1ccccc1)c1ccccc1. The van der Waals surface area contributed by atoms with E-state index in [1.165, 1.54) is 48.5 Å². The lowest BCUT2D eigenvalue weighted by atomic mass is 10.0. The number of nitriles is 1. The van der Waals surface area contributed by atoms with Gasteiger partial charge in [0, 0.05) is 0 Å². The molecule has 0 saturated carbocycles. The minimum absolute atomic E-state index is 0.163. The summed E-state index contributed by atoms with van der Waals surface area (Å²) in [6.45, 7) is -0.533. The summed E-state index contributed by atoms with van der Waals surface area (Å²) in [6, 6.07) is 25.2. The molecular weight excluding hydrogens is 408 g/mol. The van der Waals surface area contributed by atoms with Gasteiger partial charge in [0.2, 0.25) is 0 Å². The largest absolute Gasteiger partial charge is 0.256 e. The number of hydrogen-bond acceptors (Lipinski definition) is 5. The molecule has 0 aliphatic rings. The zero-order valence-corrected chi connectivity index (χ0v) is 16.9. The Labute approximate surface area is 170 Å². The Hall–Kier alpha value is -2.99. The number of sulfonamides is 2. The first-order valence-electron chi connectivity index (χ1n) is 8.70. The van der Waals surface area contributed by atoms with Crippen molar-refractivity contribution < 1.29 is 16.8 Å². The van der Waals surface area contributed by atoms with Crippen LogP contribution in [0.3, 0.4) is 0 Å². The van der Waals surface area contributed by atoms with Crippen molar-refractivity contribution in [2.24, 2.45) is 0 Å². The van der Waals surface area contributed by atoms with Gasteiger partial charge in [-0.25, -0.2) is 16.8 Å². The first-order valence-corrected chi connectivity index (χ1v) is 11.6. The monoisotopic (exact) mass is 426 g/mol. The van der Waals surface area contributed by atoms with E-state index in [1.54, 1.807) is 42.5 Å². The van der Waals surface area contributed by atoms with Crippen LogP contribution in [0.25, 0.3) is 0 Å². The maximum atomic E-state index is 13.3. The molecule has 0 aliphatic heterocycles. The highest BCUT2D eigenvalue weighted by atomic mass is 32.3. The van der Waals surface area contributed by atoms with Gasteiger partial charge in [-0.2, -0.15) is 5.26 Å². The van der Waals surface area contributed by atoms with E-state index in [0.29, 0.717) is 9.27 Å². The topological polar surface area (TPSA) is 95.3 Å². The van der Waals surface area contributed by atoms with Gasteiger partial charge in [0.15, 0.2) is 0 Å². The molecule has 3 aromatic carbocycles. The van der Waals surface area contributed by atoms with E-state index < -0.39 is 32.5 Å². The molecule has 0 saturated heterocycles. The van der Waals surface area contributed by atoms with Crippen LogP contribution in [-0.2, 0) is 20.0 Å². The molecule has 0 spiro atoms. The number of nitrogens with zero attached hydrogens (tertiary/aromatic N) is 2. The van der Waals surface area contributed by atoms with Gasteiger partial charge in [-0.3, -0.25) is 0 Å². The summed E-state index contributed by atoms with van der Waals surface area (Å²) in [5.41, 5.74) is 0.534. The Balaban J connectivity index is 2.14. The predicted octanol–water partition coefficient (Wildman–Crippen LogP) is 3.37. The van der Waals surface area contributed by atoms with Crippen LogP contribution in [0.5, 0.6) is 0 Å². The fraction of sp³-hybridized carbons (Fsp3) is 0.0952. The van der Waals surface area contributed by atoms with Crippen molar-refractivity contribution in [3.8, 4) is 6.07 Å². The van der Waals surface area contributed by atoms with Gasteiger partial charge in [0.1, 0.15) is 0 Å². The first kappa shape index (κ1) is 20.7. The molecule has 148 valence electrons. The van der Waals surface area contributed by atoms with E-state index in [1.807, 2.05) is 6.07 Å². The van der Waals surface area contributed by atoms with Crippen molar-refractivity contribution >= 4 is 20.0 Å². The second kappa shape index (κ2) is 8.57. The van der Waals surface area contributed by atoms with Crippen LogP contribution >= 0.6 is 0 Å². The summed E-state index contributed by atoms with van der Waals surface area (Å²) in [4.78, 5) is -0.325. The summed E-state index contributed by atoms with van der Waals surface area (Å²) < 4.78 is 53.5. The van der Waals surface area contributed by atoms with Gasteiger partial charge < -0.3 is 0 Å². The predicted molar refractivity (Wildman–Crippen MR) is 109 cm³/mol. The average molecular weight is 427 g/mol. The maximum absolute atomic E-state index is 13.3. The molecule has 1 unspecified atom stereocenters. The smallest absolute Gasteiger partial charge is 0.206 e. The number of hydrogen-bond donors (Lipinski definition) is 0. The summed E-state index contributed by atoms with van der Waals surface area (Å²) in [5, 5.41) is 9.63. The number of benzene rings is 3. The van der Waals surface area contributed by atoms with Crippen LogP contribution in [0.2, 0.25) is 0 Å². The van der Waals surface area contributed by atoms with E-state index in [2.05, 4.69) is 0 Å². The Kier molecular flexibility index (Phi) is 6.13. The summed E-state index contributed by atoms with van der Waals surface area (Å²) in [6.07, 6.45) is 0. The third-order valence-corrected chi connectivity index (χ3v) is 8.59. The molecular formula is C21H18N2O4S2. The van der Waals surface area contributed by atoms with Crippen molar-refractivity contribution in [1.29, 1.82) is 5.26 Å². The molecule has 8 heteroatoms. The van der Waals surface area contributed by atoms with Crippen molar-refractivity contribution in [2.75, 3.05) is 6.54 Å². The molecule has 3 aromatic rings. The van der Waals surface area contributed by atoms with E-state index in [0.717, 1.165) is 0 Å². The lowest BCUT2D eigenvalue weighted by Gasteiger charge is -2.24. The fourth-order valence-electron chi connectivity index (χ4n) is 2.80. The molecule has 0 aromatic heterocycles. The van der Waals surface area contributed by atoms with Crippen molar-refractivity contribution in [3.63, 3.8) is 0 Å². The molecule has 29 heavy (non-hydrogen) atoms. The molecule has 0 amide bonds. The van der Waals surface area contributed by atoms with Gasteiger partial charge in [-0.05, 0) is 29.8 Å². The van der Waals surface area contributed by atoms with Gasteiger partial charge >= 0.3 is 0 Å². The molecule has 0 N–H and O–H groups in total. The average Bonchev–Trinajstić information content (AvgIpc) is 2.76.